The van der Waals surface area contributed by atoms with E-state index in [-0.39, 0.29) is 30.8 Å². The quantitative estimate of drug-likeness (QED) is 0.580. The Morgan fingerprint density at radius 3 is 2.13 bits per heavy atom. The van der Waals surface area contributed by atoms with Crippen LogP contribution in [0.3, 0.4) is 0 Å². The number of hydrogen-bond acceptors (Lipinski definition) is 2. The average Bonchev–Trinajstić information content (AvgIpc) is 2.63. The molecule has 0 radical (unpaired) electrons. The number of nitrogens with one attached hydrogen (secondary N) is 1. The van der Waals surface area contributed by atoms with E-state index in [1.807, 2.05) is 52.8 Å². The Hall–Kier alpha value is -2.04. The van der Waals surface area contributed by atoms with Gasteiger partial charge < -0.3 is 10.2 Å². The van der Waals surface area contributed by atoms with Crippen LogP contribution in [-0.2, 0) is 22.6 Å². The lowest BCUT2D eigenvalue weighted by atomic mass is 10.0. The Morgan fingerprint density at radius 1 is 0.967 bits per heavy atom. The van der Waals surface area contributed by atoms with Crippen LogP contribution in [0.4, 0.5) is 0 Å². The molecule has 4 nitrogen and oxygen atoms in total. The van der Waals surface area contributed by atoms with Gasteiger partial charge in [0, 0.05) is 12.6 Å². The van der Waals surface area contributed by atoms with Crippen molar-refractivity contribution in [3.63, 3.8) is 0 Å². The zero-order valence-corrected chi connectivity index (χ0v) is 19.8. The highest BCUT2D eigenvalue weighted by Crippen LogP contribution is 2.24. The monoisotopic (exact) mass is 448 g/mol. The minimum atomic E-state index is -0.569. The van der Waals surface area contributed by atoms with E-state index in [2.05, 4.69) is 11.4 Å². The van der Waals surface area contributed by atoms with Gasteiger partial charge in [0.1, 0.15) is 6.04 Å². The number of carbonyl (C=O) groups excluding carboxylic acids is 2. The third kappa shape index (κ3) is 6.75. The predicted octanol–water partition coefficient (Wildman–Crippen LogP) is 5.48. The van der Waals surface area contributed by atoms with Crippen molar-refractivity contribution in [1.82, 2.24) is 10.2 Å². The number of rotatable bonds is 8. The molecule has 2 aromatic rings. The van der Waals surface area contributed by atoms with Gasteiger partial charge in [0.25, 0.3) is 0 Å². The maximum absolute atomic E-state index is 13.4. The molecule has 0 aliphatic carbocycles. The summed E-state index contributed by atoms with van der Waals surface area (Å²) in [4.78, 5) is 27.9. The first-order valence-corrected chi connectivity index (χ1v) is 11.0. The van der Waals surface area contributed by atoms with Gasteiger partial charge in [-0.25, -0.2) is 0 Å². The SMILES string of the molecule is CCC(C(=O)NC(C)C)N(Cc1ccc(Cl)c(Cl)c1)C(=O)Cc1cc(C)cc(C)c1. The summed E-state index contributed by atoms with van der Waals surface area (Å²) in [6.07, 6.45) is 0.744. The van der Waals surface area contributed by atoms with Crippen LogP contribution in [0.1, 0.15) is 49.4 Å². The van der Waals surface area contributed by atoms with Crippen molar-refractivity contribution in [2.24, 2.45) is 0 Å². The first-order valence-electron chi connectivity index (χ1n) is 10.2. The summed E-state index contributed by atoms with van der Waals surface area (Å²) >= 11 is 12.2. The molecule has 0 saturated heterocycles. The lowest BCUT2D eigenvalue weighted by Crippen LogP contribution is -2.50. The van der Waals surface area contributed by atoms with Gasteiger partial charge in [-0.3, -0.25) is 9.59 Å². The number of amides is 2. The molecule has 0 bridgehead atoms. The van der Waals surface area contributed by atoms with Crippen molar-refractivity contribution in [2.75, 3.05) is 0 Å². The van der Waals surface area contributed by atoms with Crippen molar-refractivity contribution < 1.29 is 9.59 Å². The minimum Gasteiger partial charge on any atom is -0.352 e. The molecule has 30 heavy (non-hydrogen) atoms. The highest BCUT2D eigenvalue weighted by atomic mass is 35.5. The summed E-state index contributed by atoms with van der Waals surface area (Å²) in [5.41, 5.74) is 3.99. The first-order chi connectivity index (χ1) is 14.1. The van der Waals surface area contributed by atoms with Gasteiger partial charge >= 0.3 is 0 Å². The van der Waals surface area contributed by atoms with Crippen LogP contribution in [0, 0.1) is 13.8 Å². The number of nitrogens with zero attached hydrogens (tertiary/aromatic N) is 1. The zero-order chi connectivity index (χ0) is 22.4. The van der Waals surface area contributed by atoms with E-state index >= 15 is 0 Å². The van der Waals surface area contributed by atoms with Crippen LogP contribution in [-0.4, -0.2) is 28.8 Å². The predicted molar refractivity (Wildman–Crippen MR) is 124 cm³/mol. The van der Waals surface area contributed by atoms with E-state index in [0.717, 1.165) is 22.3 Å². The first kappa shape index (κ1) is 24.2. The molecule has 0 aliphatic heterocycles. The normalized spacial score (nSPS) is 12.0. The van der Waals surface area contributed by atoms with Crippen molar-refractivity contribution in [1.29, 1.82) is 0 Å². The molecule has 162 valence electrons. The molecule has 1 atom stereocenters. The summed E-state index contributed by atoms with van der Waals surface area (Å²) in [5.74, 6) is -0.252. The van der Waals surface area contributed by atoms with Crippen LogP contribution in [0.25, 0.3) is 0 Å². The molecule has 2 aromatic carbocycles. The molecular weight excluding hydrogens is 419 g/mol. The Balaban J connectivity index is 2.35. The molecule has 0 heterocycles. The van der Waals surface area contributed by atoms with E-state index in [9.17, 15) is 9.59 Å². The molecule has 6 heteroatoms. The Bertz CT molecular complexity index is 892. The molecule has 0 spiro atoms. The maximum atomic E-state index is 13.4. The second kappa shape index (κ2) is 10.8. The fourth-order valence-electron chi connectivity index (χ4n) is 3.58. The third-order valence-corrected chi connectivity index (χ3v) is 5.53. The fraction of sp³-hybridized carbons (Fsp3) is 0.417. The van der Waals surface area contributed by atoms with Gasteiger partial charge in [-0.05, 0) is 57.4 Å². The molecule has 0 aliphatic rings. The number of hydrogen-bond donors (Lipinski definition) is 1. The van der Waals surface area contributed by atoms with Gasteiger partial charge in [0.05, 0.1) is 16.5 Å². The van der Waals surface area contributed by atoms with E-state index in [4.69, 9.17) is 23.2 Å². The van der Waals surface area contributed by atoms with E-state index in [1.165, 1.54) is 0 Å². The van der Waals surface area contributed by atoms with Crippen LogP contribution < -0.4 is 5.32 Å². The number of benzene rings is 2. The van der Waals surface area contributed by atoms with Crippen LogP contribution in [0.15, 0.2) is 36.4 Å². The van der Waals surface area contributed by atoms with Crippen LogP contribution in [0.5, 0.6) is 0 Å². The largest absolute Gasteiger partial charge is 0.352 e. The number of aryl methyl sites for hydroxylation is 2. The summed E-state index contributed by atoms with van der Waals surface area (Å²) < 4.78 is 0. The molecule has 1 N–H and O–H groups in total. The standard InChI is InChI=1S/C24H30Cl2N2O2/c1-6-22(24(30)27-15(2)3)28(14-18-7-8-20(25)21(26)12-18)23(29)13-19-10-16(4)9-17(5)11-19/h7-12,15,22H,6,13-14H2,1-5H3,(H,27,30). The van der Waals surface area contributed by atoms with Gasteiger partial charge in [0.2, 0.25) is 11.8 Å². The smallest absolute Gasteiger partial charge is 0.243 e. The summed E-state index contributed by atoms with van der Waals surface area (Å²) in [5, 5.41) is 3.82. The summed E-state index contributed by atoms with van der Waals surface area (Å²) in [6, 6.07) is 10.8. The van der Waals surface area contributed by atoms with Gasteiger partial charge in [-0.1, -0.05) is 65.5 Å². The fourth-order valence-corrected chi connectivity index (χ4v) is 3.90. The summed E-state index contributed by atoms with van der Waals surface area (Å²) in [7, 11) is 0. The van der Waals surface area contributed by atoms with Crippen molar-refractivity contribution >= 4 is 35.0 Å². The molecular formula is C24H30Cl2N2O2. The maximum Gasteiger partial charge on any atom is 0.243 e. The lowest BCUT2D eigenvalue weighted by molar-refractivity contribution is -0.141. The van der Waals surface area contributed by atoms with E-state index < -0.39 is 6.04 Å². The third-order valence-electron chi connectivity index (χ3n) is 4.79. The van der Waals surface area contributed by atoms with Crippen molar-refractivity contribution in [3.8, 4) is 0 Å². The Morgan fingerprint density at radius 2 is 1.60 bits per heavy atom. The Labute approximate surface area is 189 Å². The minimum absolute atomic E-state index is 0.00657. The molecule has 1 unspecified atom stereocenters. The molecule has 0 fully saturated rings. The van der Waals surface area contributed by atoms with Crippen molar-refractivity contribution in [3.05, 3.63) is 68.7 Å². The van der Waals surface area contributed by atoms with Gasteiger partial charge in [0.15, 0.2) is 0 Å². The second-order valence-electron chi connectivity index (χ2n) is 8.03. The second-order valence-corrected chi connectivity index (χ2v) is 8.84. The summed E-state index contributed by atoms with van der Waals surface area (Å²) in [6.45, 7) is 10.0. The number of halogens is 2. The van der Waals surface area contributed by atoms with E-state index in [0.29, 0.717) is 16.5 Å². The van der Waals surface area contributed by atoms with Crippen LogP contribution >= 0.6 is 23.2 Å². The van der Waals surface area contributed by atoms with Crippen molar-refractivity contribution in [2.45, 2.75) is 66.1 Å². The zero-order valence-electron chi connectivity index (χ0n) is 18.3. The molecule has 0 saturated carbocycles. The Kier molecular flexibility index (Phi) is 8.75. The number of carbonyl (C=O) groups is 2. The topological polar surface area (TPSA) is 49.4 Å². The van der Waals surface area contributed by atoms with Gasteiger partial charge in [-0.15, -0.1) is 0 Å². The molecule has 2 rings (SSSR count). The van der Waals surface area contributed by atoms with E-state index in [1.54, 1.807) is 17.0 Å². The molecule has 2 amide bonds. The molecule has 0 aromatic heterocycles. The average molecular weight is 449 g/mol. The van der Waals surface area contributed by atoms with Crippen LogP contribution in [0.2, 0.25) is 10.0 Å². The highest BCUT2D eigenvalue weighted by molar-refractivity contribution is 6.42. The lowest BCUT2D eigenvalue weighted by Gasteiger charge is -2.31. The van der Waals surface area contributed by atoms with Gasteiger partial charge in [-0.2, -0.15) is 0 Å². The highest BCUT2D eigenvalue weighted by Gasteiger charge is 2.29.